The Morgan fingerprint density at radius 3 is 2.80 bits per heavy atom. The second kappa shape index (κ2) is 10.4. The number of carbonyl (C=O) groups is 2. The minimum Gasteiger partial charge on any atom is -0.475 e. The van der Waals surface area contributed by atoms with Crippen LogP contribution in [-0.4, -0.2) is 88.7 Å². The highest BCUT2D eigenvalue weighted by atomic mass is 16.7. The quantitative estimate of drug-likeness (QED) is 0.562. The third-order valence-corrected chi connectivity index (χ3v) is 5.88. The molecule has 2 aromatic heterocycles. The summed E-state index contributed by atoms with van der Waals surface area (Å²) in [6.45, 7) is 6.54. The number of aromatic carboxylic acids is 1. The highest BCUT2D eigenvalue weighted by Crippen LogP contribution is 2.36. The second-order valence-corrected chi connectivity index (χ2v) is 8.82. The number of aromatic nitrogens is 4. The van der Waals surface area contributed by atoms with Gasteiger partial charge >= 0.3 is 5.97 Å². The first-order valence-corrected chi connectivity index (χ1v) is 11.3. The van der Waals surface area contributed by atoms with Gasteiger partial charge in [0, 0.05) is 26.2 Å². The molecule has 5 rings (SSSR count). The van der Waals surface area contributed by atoms with Gasteiger partial charge in [-0.05, 0) is 26.7 Å². The number of hydrogen-bond donors (Lipinski definition) is 2. The van der Waals surface area contributed by atoms with E-state index < -0.39 is 11.8 Å². The van der Waals surface area contributed by atoms with Crippen LogP contribution in [0.15, 0.2) is 18.6 Å². The zero-order valence-electron chi connectivity index (χ0n) is 19.9. The molecule has 2 bridgehead atoms. The number of ether oxygens (including phenoxy) is 3. The summed E-state index contributed by atoms with van der Waals surface area (Å²) < 4.78 is 16.4. The normalized spacial score (nSPS) is 21.9. The van der Waals surface area contributed by atoms with Crippen molar-refractivity contribution in [3.8, 4) is 5.88 Å². The van der Waals surface area contributed by atoms with E-state index in [0.717, 1.165) is 37.4 Å². The van der Waals surface area contributed by atoms with Crippen molar-refractivity contribution in [1.82, 2.24) is 19.9 Å². The van der Waals surface area contributed by atoms with E-state index in [0.29, 0.717) is 37.4 Å². The van der Waals surface area contributed by atoms with E-state index in [2.05, 4.69) is 35.1 Å². The number of fused-ring (bicyclic) bond motifs is 4. The lowest BCUT2D eigenvalue weighted by molar-refractivity contribution is -0.141. The molecule has 35 heavy (non-hydrogen) atoms. The Labute approximate surface area is 202 Å². The van der Waals surface area contributed by atoms with Crippen LogP contribution in [0.25, 0.3) is 0 Å². The zero-order valence-corrected chi connectivity index (χ0v) is 19.9. The predicted octanol–water partition coefficient (Wildman–Crippen LogP) is 1.17. The van der Waals surface area contributed by atoms with Crippen LogP contribution in [0.1, 0.15) is 37.3 Å². The molecule has 2 atom stereocenters. The van der Waals surface area contributed by atoms with Gasteiger partial charge in [-0.3, -0.25) is 4.79 Å². The van der Waals surface area contributed by atoms with Crippen LogP contribution < -0.4 is 19.9 Å². The summed E-state index contributed by atoms with van der Waals surface area (Å²) in [6.07, 6.45) is 7.20. The van der Waals surface area contributed by atoms with E-state index in [9.17, 15) is 9.59 Å². The van der Waals surface area contributed by atoms with E-state index in [1.54, 1.807) is 6.20 Å². The monoisotopic (exact) mass is 487 g/mol. The smallest absolute Gasteiger partial charge is 0.374 e. The summed E-state index contributed by atoms with van der Waals surface area (Å²) in [5.74, 6) is -0.270. The molecule has 0 aromatic carbocycles. The van der Waals surface area contributed by atoms with Crippen molar-refractivity contribution in [2.75, 3.05) is 48.5 Å². The number of rotatable bonds is 6. The first-order valence-electron chi connectivity index (χ1n) is 11.3. The lowest BCUT2D eigenvalue weighted by atomic mass is 10.0. The summed E-state index contributed by atoms with van der Waals surface area (Å²) in [4.78, 5) is 41.4. The van der Waals surface area contributed by atoms with Crippen LogP contribution in [0.2, 0.25) is 0 Å². The van der Waals surface area contributed by atoms with Crippen LogP contribution in [0.4, 0.5) is 17.3 Å². The lowest BCUT2D eigenvalue weighted by Crippen LogP contribution is -2.51. The fraction of sp³-hybridized carbons (Fsp3) is 0.545. The molecule has 2 aromatic rings. The summed E-state index contributed by atoms with van der Waals surface area (Å²) in [6, 6.07) is 0.438. The first kappa shape index (κ1) is 24.5. The summed E-state index contributed by atoms with van der Waals surface area (Å²) in [5.41, 5.74) is 0.952. The Morgan fingerprint density at radius 1 is 1.31 bits per heavy atom. The van der Waals surface area contributed by atoms with Crippen molar-refractivity contribution < 1.29 is 28.9 Å². The number of anilines is 3. The van der Waals surface area contributed by atoms with Gasteiger partial charge in [0.15, 0.2) is 17.4 Å². The van der Waals surface area contributed by atoms with Gasteiger partial charge in [-0.15, -0.1) is 0 Å². The van der Waals surface area contributed by atoms with E-state index >= 15 is 0 Å². The number of carboxylic acid groups (broad SMARTS) is 1. The molecule has 3 aliphatic rings. The average molecular weight is 488 g/mol. The number of carboxylic acids is 1. The molecule has 0 spiro atoms. The Morgan fingerprint density at radius 2 is 2.14 bits per heavy atom. The SMILES string of the molecule is CC1(C)OCC(COc2cnc(NC=O)cn2)O1.CN1c2nc(C(=O)O)ncc2N2CCCC1C2. The molecule has 3 aliphatic heterocycles. The Hall–Kier alpha value is -3.58. The van der Waals surface area contributed by atoms with Crippen molar-refractivity contribution in [2.24, 2.45) is 0 Å². The topological polar surface area (TPSA) is 152 Å². The van der Waals surface area contributed by atoms with Gasteiger partial charge in [0.1, 0.15) is 12.7 Å². The highest BCUT2D eigenvalue weighted by Gasteiger charge is 2.34. The lowest BCUT2D eigenvalue weighted by Gasteiger charge is -2.45. The molecule has 188 valence electrons. The van der Waals surface area contributed by atoms with Crippen LogP contribution in [-0.2, 0) is 14.3 Å². The van der Waals surface area contributed by atoms with Gasteiger partial charge in [-0.2, -0.15) is 0 Å². The van der Waals surface area contributed by atoms with Crippen molar-refractivity contribution in [2.45, 2.75) is 44.6 Å². The van der Waals surface area contributed by atoms with Crippen molar-refractivity contribution in [3.05, 3.63) is 24.4 Å². The van der Waals surface area contributed by atoms with Gasteiger partial charge in [-0.25, -0.2) is 24.7 Å². The molecule has 2 saturated heterocycles. The maximum Gasteiger partial charge on any atom is 0.374 e. The van der Waals surface area contributed by atoms with Crippen LogP contribution in [0, 0.1) is 0 Å². The number of likely N-dealkylation sites (N-methyl/N-ethyl adjacent to an activating group) is 1. The van der Waals surface area contributed by atoms with Crippen LogP contribution in [0.5, 0.6) is 5.88 Å². The molecule has 5 heterocycles. The number of piperidine rings is 1. The second-order valence-electron chi connectivity index (χ2n) is 8.82. The highest BCUT2D eigenvalue weighted by molar-refractivity contribution is 5.85. The average Bonchev–Trinajstić information content (AvgIpc) is 3.21. The molecule has 2 N–H and O–H groups in total. The van der Waals surface area contributed by atoms with Gasteiger partial charge in [0.05, 0.1) is 30.9 Å². The number of nitrogens with one attached hydrogen (secondary N) is 1. The van der Waals surface area contributed by atoms with Crippen molar-refractivity contribution in [3.63, 3.8) is 0 Å². The van der Waals surface area contributed by atoms with Crippen LogP contribution in [0.3, 0.4) is 0 Å². The third kappa shape index (κ3) is 5.92. The number of hydrogen-bond acceptors (Lipinski definition) is 11. The molecule has 2 unspecified atom stereocenters. The zero-order chi connectivity index (χ0) is 25.0. The molecule has 2 fully saturated rings. The largest absolute Gasteiger partial charge is 0.475 e. The Balaban J connectivity index is 0.000000165. The fourth-order valence-electron chi connectivity index (χ4n) is 4.16. The van der Waals surface area contributed by atoms with Crippen LogP contribution >= 0.6 is 0 Å². The molecule has 1 amide bonds. The number of amides is 1. The fourth-order valence-corrected chi connectivity index (χ4v) is 4.16. The molecule has 0 saturated carbocycles. The summed E-state index contributed by atoms with van der Waals surface area (Å²) in [5, 5.41) is 11.3. The first-order chi connectivity index (χ1) is 16.8. The molecule has 0 radical (unpaired) electrons. The molecular formula is C22H29N7O6. The minimum absolute atomic E-state index is 0.116. The third-order valence-electron chi connectivity index (χ3n) is 5.88. The van der Waals surface area contributed by atoms with Gasteiger partial charge < -0.3 is 34.4 Å². The molecule has 13 heteroatoms. The van der Waals surface area contributed by atoms with Gasteiger partial charge in [-0.1, -0.05) is 0 Å². The summed E-state index contributed by atoms with van der Waals surface area (Å²) in [7, 11) is 1.98. The van der Waals surface area contributed by atoms with E-state index in [4.69, 9.17) is 19.3 Å². The Kier molecular flexibility index (Phi) is 7.26. The molecular weight excluding hydrogens is 458 g/mol. The van der Waals surface area contributed by atoms with Gasteiger partial charge in [0.2, 0.25) is 18.1 Å². The van der Waals surface area contributed by atoms with Gasteiger partial charge in [0.25, 0.3) is 0 Å². The molecule has 13 nitrogen and oxygen atoms in total. The van der Waals surface area contributed by atoms with E-state index in [1.165, 1.54) is 12.4 Å². The number of carbonyl (C=O) groups excluding carboxylic acids is 1. The van der Waals surface area contributed by atoms with Crippen molar-refractivity contribution >= 4 is 29.7 Å². The maximum atomic E-state index is 10.9. The minimum atomic E-state index is -1.08. The maximum absolute atomic E-state index is 10.9. The van der Waals surface area contributed by atoms with E-state index in [-0.39, 0.29) is 11.9 Å². The van der Waals surface area contributed by atoms with E-state index in [1.807, 2.05) is 20.9 Å². The summed E-state index contributed by atoms with van der Waals surface area (Å²) >= 11 is 0. The number of nitrogens with zero attached hydrogens (tertiary/aromatic N) is 6. The van der Waals surface area contributed by atoms with Crippen molar-refractivity contribution in [1.29, 1.82) is 0 Å². The predicted molar refractivity (Wildman–Crippen MR) is 125 cm³/mol. The Bertz CT molecular complexity index is 1050. The molecule has 0 aliphatic carbocycles. The standard InChI is InChI=1S/C11H14N4O2.C11H15N3O4/c1-14-7-3-2-4-15(6-7)8-5-12-9(11(16)17)13-10(8)14;1-11(2)17-6-8(18-11)5-16-10-4-12-9(3-13-10)14-7-15/h5,7H,2-4,6H2,1H3,(H,16,17);3-4,7-8H,5-6H2,1-2H3,(H,12,14,15).